The van der Waals surface area contributed by atoms with Gasteiger partial charge >= 0.3 is 0 Å². The topological polar surface area (TPSA) is 68.1 Å². The largest absolute Gasteiger partial charge is 0.369 e. The maximum atomic E-state index is 5.67. The van der Waals surface area contributed by atoms with E-state index >= 15 is 0 Å². The fourth-order valence-corrected chi connectivity index (χ4v) is 2.65. The first kappa shape index (κ1) is 15.4. The van der Waals surface area contributed by atoms with Gasteiger partial charge in [-0.3, -0.25) is 4.99 Å². The Morgan fingerprint density at radius 2 is 2.04 bits per heavy atom. The molecule has 0 saturated carbocycles. The third kappa shape index (κ3) is 2.90. The van der Waals surface area contributed by atoms with Crippen LogP contribution in [0, 0.1) is 0 Å². The van der Waals surface area contributed by atoms with Crippen LogP contribution in [0.15, 0.2) is 41.7 Å². The lowest BCUT2D eigenvalue weighted by Gasteiger charge is -2.12. The van der Waals surface area contributed by atoms with Crippen LogP contribution in [0.3, 0.4) is 0 Å². The fraction of sp³-hybridized carbons (Fsp3) is 0.353. The number of nitrogens with zero attached hydrogens (tertiary/aromatic N) is 4. The van der Waals surface area contributed by atoms with E-state index in [1.54, 1.807) is 13.4 Å². The van der Waals surface area contributed by atoms with Gasteiger partial charge in [0.05, 0.1) is 6.33 Å². The van der Waals surface area contributed by atoms with Crippen molar-refractivity contribution in [2.75, 3.05) is 13.7 Å². The molecule has 23 heavy (non-hydrogen) atoms. The van der Waals surface area contributed by atoms with Crippen molar-refractivity contribution in [2.45, 2.75) is 26.5 Å². The van der Waals surface area contributed by atoms with Crippen LogP contribution in [0.1, 0.15) is 31.3 Å². The van der Waals surface area contributed by atoms with Gasteiger partial charge in [-0.2, -0.15) is 0 Å². The molecule has 0 aliphatic rings. The minimum absolute atomic E-state index is 0.247. The first-order valence-electron chi connectivity index (χ1n) is 7.81. The number of benzene rings is 1. The molecule has 0 spiro atoms. The molecule has 6 nitrogen and oxygen atoms in total. The predicted molar refractivity (Wildman–Crippen MR) is 89.0 cm³/mol. The van der Waals surface area contributed by atoms with E-state index in [1.165, 1.54) is 0 Å². The van der Waals surface area contributed by atoms with Crippen LogP contribution < -0.4 is 5.49 Å². The van der Waals surface area contributed by atoms with Gasteiger partial charge in [-0.05, 0) is 19.4 Å². The number of hydrogen-bond acceptors (Lipinski definition) is 4. The molecule has 1 atom stereocenters. The zero-order valence-electron chi connectivity index (χ0n) is 13.7. The summed E-state index contributed by atoms with van der Waals surface area (Å²) >= 11 is 0. The molecule has 120 valence electrons. The monoisotopic (exact) mass is 311 g/mol. The predicted octanol–water partition coefficient (Wildman–Crippen LogP) is 2.44. The molecule has 2 heterocycles. The second-order valence-corrected chi connectivity index (χ2v) is 5.18. The van der Waals surface area contributed by atoms with Crippen molar-refractivity contribution in [1.82, 2.24) is 19.5 Å². The molecule has 0 fully saturated rings. The van der Waals surface area contributed by atoms with Crippen molar-refractivity contribution in [1.29, 1.82) is 0 Å². The lowest BCUT2D eigenvalue weighted by Crippen LogP contribution is -2.14. The van der Waals surface area contributed by atoms with Crippen molar-refractivity contribution in [3.8, 4) is 0 Å². The van der Waals surface area contributed by atoms with Crippen LogP contribution in [0.25, 0.3) is 11.2 Å². The Morgan fingerprint density at radius 3 is 2.70 bits per heavy atom. The van der Waals surface area contributed by atoms with Gasteiger partial charge in [0.15, 0.2) is 11.1 Å². The fourth-order valence-electron chi connectivity index (χ4n) is 2.65. The van der Waals surface area contributed by atoms with Crippen LogP contribution in [0.2, 0.25) is 0 Å². The molecule has 0 amide bonds. The summed E-state index contributed by atoms with van der Waals surface area (Å²) in [6.45, 7) is 5.53. The minimum atomic E-state index is -0.247. The lowest BCUT2D eigenvalue weighted by atomic mass is 10.1. The summed E-state index contributed by atoms with van der Waals surface area (Å²) in [6, 6.07) is 10.0. The van der Waals surface area contributed by atoms with Crippen molar-refractivity contribution >= 4 is 11.2 Å². The number of aromatic amines is 1. The maximum Gasteiger partial charge on any atom is 0.176 e. The van der Waals surface area contributed by atoms with E-state index in [1.807, 2.05) is 41.8 Å². The highest BCUT2D eigenvalue weighted by atomic mass is 16.5. The molecular weight excluding hydrogens is 290 g/mol. The third-order valence-corrected chi connectivity index (χ3v) is 3.75. The molecule has 1 N–H and O–H groups in total. The summed E-state index contributed by atoms with van der Waals surface area (Å²) in [5, 5.41) is 0. The molecule has 6 heteroatoms. The lowest BCUT2D eigenvalue weighted by molar-refractivity contribution is 0.130. The highest BCUT2D eigenvalue weighted by molar-refractivity contribution is 5.69. The van der Waals surface area contributed by atoms with E-state index in [2.05, 4.69) is 21.9 Å². The quantitative estimate of drug-likeness (QED) is 0.787. The van der Waals surface area contributed by atoms with Gasteiger partial charge in [0.1, 0.15) is 17.4 Å². The molecule has 1 aromatic carbocycles. The number of rotatable bonds is 5. The molecular formula is C17H21N5O. The zero-order chi connectivity index (χ0) is 16.2. The summed E-state index contributed by atoms with van der Waals surface area (Å²) in [7, 11) is 1.69. The van der Waals surface area contributed by atoms with E-state index in [-0.39, 0.29) is 6.10 Å². The molecule has 0 aliphatic heterocycles. The Morgan fingerprint density at radius 1 is 1.26 bits per heavy atom. The third-order valence-electron chi connectivity index (χ3n) is 3.75. The van der Waals surface area contributed by atoms with Gasteiger partial charge in [0, 0.05) is 20.2 Å². The van der Waals surface area contributed by atoms with Crippen LogP contribution in [-0.4, -0.2) is 33.2 Å². The molecule has 3 aromatic rings. The second kappa shape index (κ2) is 6.75. The van der Waals surface area contributed by atoms with Crippen LogP contribution in [0.4, 0.5) is 0 Å². The van der Waals surface area contributed by atoms with E-state index in [9.17, 15) is 0 Å². The normalized spacial score (nSPS) is 13.6. The number of H-pyrrole nitrogens is 1. The summed E-state index contributed by atoms with van der Waals surface area (Å²) in [5.74, 6) is 0.761. The van der Waals surface area contributed by atoms with E-state index in [0.717, 1.165) is 29.1 Å². The summed E-state index contributed by atoms with van der Waals surface area (Å²) in [6.07, 6.45) is 1.54. The second-order valence-electron chi connectivity index (χ2n) is 5.18. The van der Waals surface area contributed by atoms with Crippen molar-refractivity contribution in [2.24, 2.45) is 4.99 Å². The Kier molecular flexibility index (Phi) is 4.52. The smallest absolute Gasteiger partial charge is 0.176 e. The van der Waals surface area contributed by atoms with E-state index in [4.69, 9.17) is 9.72 Å². The van der Waals surface area contributed by atoms with Crippen LogP contribution in [0.5, 0.6) is 0 Å². The van der Waals surface area contributed by atoms with Gasteiger partial charge < -0.3 is 14.3 Å². The van der Waals surface area contributed by atoms with Gasteiger partial charge in [0.25, 0.3) is 0 Å². The maximum absolute atomic E-state index is 5.67. The van der Waals surface area contributed by atoms with Crippen LogP contribution in [-0.2, 0) is 11.3 Å². The summed E-state index contributed by atoms with van der Waals surface area (Å²) in [5.41, 5.74) is 3.44. The zero-order valence-corrected chi connectivity index (χ0v) is 13.7. The molecule has 0 saturated heterocycles. The number of nitrogens with one attached hydrogen (secondary N) is 1. The number of ether oxygens (including phenoxy) is 1. The number of aryl methyl sites for hydroxylation is 1. The van der Waals surface area contributed by atoms with Crippen molar-refractivity contribution in [3.05, 3.63) is 53.5 Å². The molecule has 3 rings (SSSR count). The van der Waals surface area contributed by atoms with Gasteiger partial charge in [0.2, 0.25) is 0 Å². The average molecular weight is 311 g/mol. The van der Waals surface area contributed by atoms with Gasteiger partial charge in [-0.15, -0.1) is 0 Å². The Labute approximate surface area is 134 Å². The number of methoxy groups -OCH3 is 1. The highest BCUT2D eigenvalue weighted by Gasteiger charge is 2.19. The van der Waals surface area contributed by atoms with Gasteiger partial charge in [-0.1, -0.05) is 30.3 Å². The molecule has 0 radical (unpaired) electrons. The Bertz CT molecular complexity index is 850. The average Bonchev–Trinajstić information content (AvgIpc) is 3.02. The van der Waals surface area contributed by atoms with Gasteiger partial charge in [-0.25, -0.2) is 9.97 Å². The molecule has 1 unspecified atom stereocenters. The van der Waals surface area contributed by atoms with E-state index in [0.29, 0.717) is 12.0 Å². The number of aromatic nitrogens is 4. The minimum Gasteiger partial charge on any atom is -0.369 e. The molecule has 0 bridgehead atoms. The molecule has 0 aliphatic carbocycles. The Balaban J connectivity index is 2.19. The standard InChI is InChI=1S/C17H21N5O/c1-4-18-15-13-17(22(5-2)11-19-15)21-16(20-13)14(23-3)12-9-7-6-8-10-12/h6-11,14H,4-5H2,1-3H3,(H,20,21). The first-order valence-corrected chi connectivity index (χ1v) is 7.81. The van der Waals surface area contributed by atoms with Crippen molar-refractivity contribution in [3.63, 3.8) is 0 Å². The number of hydrogen-bond donors (Lipinski definition) is 1. The number of fused-ring (bicyclic) bond motifs is 1. The highest BCUT2D eigenvalue weighted by Crippen LogP contribution is 2.24. The van der Waals surface area contributed by atoms with Crippen LogP contribution >= 0.6 is 0 Å². The summed E-state index contributed by atoms with van der Waals surface area (Å²) in [4.78, 5) is 17.0. The SMILES string of the molecule is CCN=c1ncn(CC)c2nc(C(OC)c3ccccc3)[nH]c12. The first-order chi connectivity index (χ1) is 11.3. The van der Waals surface area contributed by atoms with Crippen molar-refractivity contribution < 1.29 is 4.74 Å². The molecule has 2 aromatic heterocycles. The summed E-state index contributed by atoms with van der Waals surface area (Å²) < 4.78 is 7.67. The number of imidazole rings is 1. The van der Waals surface area contributed by atoms with E-state index < -0.39 is 0 Å². The Hall–Kier alpha value is -2.47.